The van der Waals surface area contributed by atoms with Crippen LogP contribution in [0, 0.1) is 11.8 Å². The van der Waals surface area contributed by atoms with Gasteiger partial charge in [0.1, 0.15) is 12.6 Å². The Morgan fingerprint density at radius 1 is 1.02 bits per heavy atom. The van der Waals surface area contributed by atoms with Crippen LogP contribution in [0.15, 0.2) is 48.5 Å². The summed E-state index contributed by atoms with van der Waals surface area (Å²) in [5.41, 5.74) is 2.75. The lowest BCUT2D eigenvalue weighted by Gasteiger charge is -2.18. The molecule has 0 bridgehead atoms. The third kappa shape index (κ3) is 7.62. The van der Waals surface area contributed by atoms with Gasteiger partial charge in [-0.3, -0.25) is 19.3 Å². The van der Waals surface area contributed by atoms with Gasteiger partial charge < -0.3 is 24.8 Å². The molecule has 1 saturated carbocycles. The highest BCUT2D eigenvalue weighted by atomic mass is 16.6. The lowest BCUT2D eigenvalue weighted by Crippen LogP contribution is -2.42. The van der Waals surface area contributed by atoms with E-state index in [-0.39, 0.29) is 44.0 Å². The molecule has 0 radical (unpaired) electrons. The first-order valence-corrected chi connectivity index (χ1v) is 13.8. The molecule has 2 aliphatic rings. The van der Waals surface area contributed by atoms with E-state index in [4.69, 9.17) is 14.2 Å². The van der Waals surface area contributed by atoms with Crippen molar-refractivity contribution in [3.63, 3.8) is 0 Å². The highest BCUT2D eigenvalue weighted by molar-refractivity contribution is 5.98. The third-order valence-corrected chi connectivity index (χ3v) is 7.14. The van der Waals surface area contributed by atoms with E-state index in [1.165, 1.54) is 7.11 Å². The molecular formula is C30H35N3O8. The van der Waals surface area contributed by atoms with E-state index >= 15 is 0 Å². The minimum atomic E-state index is -0.907. The molecule has 4 rings (SSSR count). The number of carbonyl (C=O) groups excluding carboxylic acids is 5. The van der Waals surface area contributed by atoms with Crippen LogP contribution in [0.25, 0.3) is 0 Å². The van der Waals surface area contributed by atoms with Crippen molar-refractivity contribution in [2.45, 2.75) is 45.3 Å². The Kier molecular flexibility index (Phi) is 9.94. The molecule has 11 nitrogen and oxygen atoms in total. The molecule has 2 aromatic carbocycles. The molecule has 218 valence electrons. The molecule has 1 aliphatic heterocycles. The maximum absolute atomic E-state index is 13.0. The molecule has 0 spiro atoms. The molecular weight excluding hydrogens is 530 g/mol. The average molecular weight is 566 g/mol. The molecule has 0 aromatic heterocycles. The van der Waals surface area contributed by atoms with E-state index in [1.807, 2.05) is 30.3 Å². The van der Waals surface area contributed by atoms with Crippen LogP contribution in [0.4, 0.5) is 10.5 Å². The van der Waals surface area contributed by atoms with Gasteiger partial charge in [0.25, 0.3) is 5.91 Å². The molecule has 3 atom stereocenters. The van der Waals surface area contributed by atoms with Crippen LogP contribution in [-0.4, -0.2) is 62.7 Å². The van der Waals surface area contributed by atoms with Crippen molar-refractivity contribution >= 4 is 35.5 Å². The fourth-order valence-corrected chi connectivity index (χ4v) is 4.81. The Bertz CT molecular complexity index is 1280. The van der Waals surface area contributed by atoms with Crippen molar-refractivity contribution in [3.05, 3.63) is 65.2 Å². The Morgan fingerprint density at radius 2 is 1.80 bits per heavy atom. The van der Waals surface area contributed by atoms with Crippen LogP contribution in [0.1, 0.15) is 47.7 Å². The number of hydrogen-bond acceptors (Lipinski definition) is 8. The second-order valence-corrected chi connectivity index (χ2v) is 9.97. The first-order valence-electron chi connectivity index (χ1n) is 13.8. The van der Waals surface area contributed by atoms with E-state index in [0.29, 0.717) is 37.1 Å². The summed E-state index contributed by atoms with van der Waals surface area (Å²) in [6, 6.07) is 13.5. The number of ether oxygens (including phenoxy) is 3. The Hall–Kier alpha value is -4.41. The van der Waals surface area contributed by atoms with E-state index in [0.717, 1.165) is 11.1 Å². The van der Waals surface area contributed by atoms with Gasteiger partial charge in [-0.25, -0.2) is 9.59 Å². The van der Waals surface area contributed by atoms with E-state index < -0.39 is 29.9 Å². The molecule has 1 heterocycles. The molecule has 0 saturated heterocycles. The van der Waals surface area contributed by atoms with Gasteiger partial charge >= 0.3 is 18.0 Å². The van der Waals surface area contributed by atoms with Crippen LogP contribution >= 0.6 is 0 Å². The van der Waals surface area contributed by atoms with Gasteiger partial charge in [-0.2, -0.15) is 0 Å². The molecule has 1 fully saturated rings. The van der Waals surface area contributed by atoms with Gasteiger partial charge in [-0.1, -0.05) is 30.3 Å². The summed E-state index contributed by atoms with van der Waals surface area (Å²) in [5, 5.41) is 5.49. The normalized spacial score (nSPS) is 17.6. The van der Waals surface area contributed by atoms with Crippen molar-refractivity contribution in [3.8, 4) is 0 Å². The van der Waals surface area contributed by atoms with Gasteiger partial charge in [0.15, 0.2) is 0 Å². The third-order valence-electron chi connectivity index (χ3n) is 7.14. The molecule has 2 aromatic rings. The fraction of sp³-hybridized carbons (Fsp3) is 0.433. The molecule has 2 N–H and O–H groups in total. The van der Waals surface area contributed by atoms with Crippen LogP contribution < -0.4 is 15.5 Å². The number of methoxy groups -OCH3 is 1. The van der Waals surface area contributed by atoms with Crippen LogP contribution in [0.3, 0.4) is 0 Å². The highest BCUT2D eigenvalue weighted by Gasteiger charge is 2.49. The number of nitrogens with one attached hydrogen (secondary N) is 2. The predicted molar refractivity (Wildman–Crippen MR) is 148 cm³/mol. The zero-order chi connectivity index (χ0) is 29.4. The lowest BCUT2D eigenvalue weighted by molar-refractivity contribution is -0.146. The number of carbonyl (C=O) groups is 5. The largest absolute Gasteiger partial charge is 0.467 e. The predicted octanol–water partition coefficient (Wildman–Crippen LogP) is 2.75. The lowest BCUT2D eigenvalue weighted by atomic mass is 10.1. The van der Waals surface area contributed by atoms with Crippen molar-refractivity contribution in [2.75, 3.05) is 31.7 Å². The second kappa shape index (κ2) is 13.8. The SMILES string of the molecule is CCOC(=O)C1CC1C(=O)NCCC[C@H](NC(=O)c1ccc2c(c1)CCN2C(=O)OCc1ccccc1)C(=O)OC. The number of amides is 3. The summed E-state index contributed by atoms with van der Waals surface area (Å²) >= 11 is 0. The van der Waals surface area contributed by atoms with Crippen LogP contribution in [0.2, 0.25) is 0 Å². The Morgan fingerprint density at radius 3 is 2.54 bits per heavy atom. The number of anilines is 1. The summed E-state index contributed by atoms with van der Waals surface area (Å²) < 4.78 is 15.3. The van der Waals surface area contributed by atoms with E-state index in [9.17, 15) is 24.0 Å². The minimum absolute atomic E-state index is 0.166. The smallest absolute Gasteiger partial charge is 0.414 e. The summed E-state index contributed by atoms with van der Waals surface area (Å²) in [5.74, 6) is -2.40. The van der Waals surface area contributed by atoms with Gasteiger partial charge in [-0.15, -0.1) is 0 Å². The molecule has 41 heavy (non-hydrogen) atoms. The quantitative estimate of drug-likeness (QED) is 0.227. The minimum Gasteiger partial charge on any atom is -0.467 e. The maximum atomic E-state index is 13.0. The Labute approximate surface area is 238 Å². The molecule has 3 amide bonds. The Balaban J connectivity index is 1.26. The highest BCUT2D eigenvalue weighted by Crippen LogP contribution is 2.39. The number of rotatable bonds is 12. The van der Waals surface area contributed by atoms with Crippen molar-refractivity contribution in [1.29, 1.82) is 0 Å². The first-order chi connectivity index (χ1) is 19.8. The summed E-state index contributed by atoms with van der Waals surface area (Å²) in [7, 11) is 1.24. The van der Waals surface area contributed by atoms with Crippen molar-refractivity contribution in [2.24, 2.45) is 11.8 Å². The molecule has 1 aliphatic carbocycles. The zero-order valence-electron chi connectivity index (χ0n) is 23.2. The first kappa shape index (κ1) is 29.6. The van der Waals surface area contributed by atoms with E-state index in [2.05, 4.69) is 10.6 Å². The molecule has 11 heteroatoms. The van der Waals surface area contributed by atoms with E-state index in [1.54, 1.807) is 30.0 Å². The number of nitrogens with zero attached hydrogens (tertiary/aromatic N) is 1. The average Bonchev–Trinajstić information content (AvgIpc) is 3.69. The van der Waals surface area contributed by atoms with Crippen molar-refractivity contribution < 1.29 is 38.2 Å². The summed E-state index contributed by atoms with van der Waals surface area (Å²) in [6.07, 6.45) is 1.23. The second-order valence-electron chi connectivity index (χ2n) is 9.97. The van der Waals surface area contributed by atoms with Gasteiger partial charge in [0.05, 0.1) is 31.2 Å². The molecule has 2 unspecified atom stereocenters. The standard InChI is InChI=1S/C30H35N3O8/c1-3-40-28(36)23-17-22(23)27(35)31-14-7-10-24(29(37)39-2)32-26(34)21-11-12-25-20(16-21)13-15-33(25)30(38)41-18-19-8-5-4-6-9-19/h4-6,8-9,11-12,16,22-24H,3,7,10,13-15,17-18H2,1-2H3,(H,31,35)(H,32,34)/t22?,23?,24-/m0/s1. The summed E-state index contributed by atoms with van der Waals surface area (Å²) in [6.45, 7) is 2.88. The number of fused-ring (bicyclic) bond motifs is 1. The number of hydrogen-bond donors (Lipinski definition) is 2. The fourth-order valence-electron chi connectivity index (χ4n) is 4.81. The zero-order valence-corrected chi connectivity index (χ0v) is 23.2. The number of benzene rings is 2. The van der Waals surface area contributed by atoms with Gasteiger partial charge in [-0.05, 0) is 61.9 Å². The van der Waals surface area contributed by atoms with Crippen LogP contribution in [0.5, 0.6) is 0 Å². The van der Waals surface area contributed by atoms with Gasteiger partial charge in [0, 0.05) is 18.7 Å². The van der Waals surface area contributed by atoms with Crippen molar-refractivity contribution in [1.82, 2.24) is 10.6 Å². The monoisotopic (exact) mass is 565 g/mol. The topological polar surface area (TPSA) is 140 Å². The number of esters is 2. The van der Waals surface area contributed by atoms with Gasteiger partial charge in [0.2, 0.25) is 5.91 Å². The van der Waals surface area contributed by atoms with Crippen LogP contribution in [-0.2, 0) is 41.6 Å². The summed E-state index contributed by atoms with van der Waals surface area (Å²) in [4.78, 5) is 63.6. The maximum Gasteiger partial charge on any atom is 0.414 e.